The summed E-state index contributed by atoms with van der Waals surface area (Å²) in [6.45, 7) is 1.90. The van der Waals surface area contributed by atoms with Crippen LogP contribution in [0.4, 0.5) is 5.69 Å². The second-order valence-corrected chi connectivity index (χ2v) is 11.3. The lowest BCUT2D eigenvalue weighted by molar-refractivity contribution is -0.123. The Morgan fingerprint density at radius 2 is 1.66 bits per heavy atom. The number of hydrogen-bond donors (Lipinski definition) is 3. The number of halogens is 2. The molecule has 3 N–H and O–H groups in total. The Balaban J connectivity index is 1.37. The normalized spacial score (nSPS) is 14.1. The van der Waals surface area contributed by atoms with E-state index in [1.165, 1.54) is 30.3 Å². The highest BCUT2D eigenvalue weighted by Crippen LogP contribution is 2.35. The van der Waals surface area contributed by atoms with Crippen LogP contribution in [0.1, 0.15) is 29.6 Å². The van der Waals surface area contributed by atoms with Gasteiger partial charge in [-0.3, -0.25) is 14.3 Å². The zero-order valence-electron chi connectivity index (χ0n) is 20.4. The average Bonchev–Trinajstić information content (AvgIpc) is 2.91. The van der Waals surface area contributed by atoms with Crippen molar-refractivity contribution in [3.63, 3.8) is 0 Å². The van der Waals surface area contributed by atoms with Gasteiger partial charge in [0.25, 0.3) is 15.9 Å². The van der Waals surface area contributed by atoms with Crippen LogP contribution < -0.4 is 20.1 Å². The Kier molecular flexibility index (Phi) is 9.27. The molecule has 0 aliphatic carbocycles. The van der Waals surface area contributed by atoms with E-state index in [0.717, 1.165) is 25.9 Å². The molecular formula is C27H27Cl2N3O5S. The minimum absolute atomic E-state index is 0.0329. The predicted octanol–water partition coefficient (Wildman–Crippen LogP) is 5.28. The summed E-state index contributed by atoms with van der Waals surface area (Å²) in [5.74, 6) is 0.384. The lowest BCUT2D eigenvalue weighted by Crippen LogP contribution is -2.33. The minimum Gasteiger partial charge on any atom is -0.454 e. The fraction of sp³-hybridized carbons (Fsp3) is 0.259. The number of benzene rings is 3. The number of ketones is 1. The Bertz CT molecular complexity index is 1410. The summed E-state index contributed by atoms with van der Waals surface area (Å²) in [5, 5.41) is 6.68. The number of rotatable bonds is 10. The molecule has 1 heterocycles. The van der Waals surface area contributed by atoms with Crippen LogP contribution in [-0.2, 0) is 14.8 Å². The van der Waals surface area contributed by atoms with Crippen molar-refractivity contribution in [2.24, 2.45) is 5.92 Å². The van der Waals surface area contributed by atoms with E-state index in [4.69, 9.17) is 27.9 Å². The number of carbonyl (C=O) groups is 2. The molecule has 1 amide bonds. The fourth-order valence-electron chi connectivity index (χ4n) is 4.05. The quantitative estimate of drug-likeness (QED) is 0.303. The van der Waals surface area contributed by atoms with E-state index in [9.17, 15) is 18.0 Å². The maximum Gasteiger partial charge on any atom is 0.262 e. The van der Waals surface area contributed by atoms with E-state index < -0.39 is 10.0 Å². The summed E-state index contributed by atoms with van der Waals surface area (Å²) in [6.07, 6.45) is 1.92. The second-order valence-electron chi connectivity index (χ2n) is 8.80. The molecule has 1 saturated heterocycles. The van der Waals surface area contributed by atoms with Crippen molar-refractivity contribution in [1.82, 2.24) is 10.6 Å². The monoisotopic (exact) mass is 575 g/mol. The van der Waals surface area contributed by atoms with Crippen LogP contribution in [0.25, 0.3) is 0 Å². The maximum atomic E-state index is 13.0. The summed E-state index contributed by atoms with van der Waals surface area (Å²) >= 11 is 12.1. The molecule has 11 heteroatoms. The molecule has 1 aliphatic heterocycles. The van der Waals surface area contributed by atoms with Gasteiger partial charge in [-0.25, -0.2) is 8.42 Å². The van der Waals surface area contributed by atoms with E-state index >= 15 is 0 Å². The summed E-state index contributed by atoms with van der Waals surface area (Å²) in [7, 11) is -3.99. The molecule has 38 heavy (non-hydrogen) atoms. The van der Waals surface area contributed by atoms with Gasteiger partial charge in [-0.15, -0.1) is 0 Å². The summed E-state index contributed by atoms with van der Waals surface area (Å²) < 4.78 is 34.4. The Morgan fingerprint density at radius 1 is 0.947 bits per heavy atom. The molecule has 4 rings (SSSR count). The molecule has 0 unspecified atom stereocenters. The maximum absolute atomic E-state index is 13.0. The van der Waals surface area contributed by atoms with Gasteiger partial charge in [0.05, 0.1) is 15.6 Å². The molecule has 0 bridgehead atoms. The van der Waals surface area contributed by atoms with Crippen LogP contribution in [0, 0.1) is 5.92 Å². The van der Waals surface area contributed by atoms with Gasteiger partial charge in [-0.2, -0.15) is 0 Å². The van der Waals surface area contributed by atoms with Crippen molar-refractivity contribution in [3.05, 3.63) is 82.3 Å². The Hall–Kier alpha value is -3.11. The fourth-order valence-corrected chi connectivity index (χ4v) is 5.57. The molecule has 0 atom stereocenters. The summed E-state index contributed by atoms with van der Waals surface area (Å²) in [6, 6.07) is 16.8. The van der Waals surface area contributed by atoms with Gasteiger partial charge in [0.15, 0.2) is 5.75 Å². The SMILES string of the molecule is O=C(NCCC(=O)C1CCNCC1)c1ccc(S(=O)(=O)Nc2ccccc2Oc2ccc(Cl)cc2Cl)cc1. The van der Waals surface area contributed by atoms with E-state index in [0.29, 0.717) is 16.3 Å². The van der Waals surface area contributed by atoms with E-state index in [2.05, 4.69) is 15.4 Å². The number of carbonyl (C=O) groups excluding carboxylic acids is 2. The highest BCUT2D eigenvalue weighted by atomic mass is 35.5. The molecule has 1 aliphatic rings. The Morgan fingerprint density at radius 3 is 2.37 bits per heavy atom. The zero-order chi connectivity index (χ0) is 27.1. The third-order valence-corrected chi connectivity index (χ3v) is 8.04. The van der Waals surface area contributed by atoms with Gasteiger partial charge in [0.2, 0.25) is 0 Å². The van der Waals surface area contributed by atoms with Crippen LogP contribution in [-0.4, -0.2) is 39.7 Å². The van der Waals surface area contributed by atoms with Crippen LogP contribution >= 0.6 is 23.2 Å². The molecule has 0 radical (unpaired) electrons. The van der Waals surface area contributed by atoms with Crippen molar-refractivity contribution < 1.29 is 22.7 Å². The van der Waals surface area contributed by atoms with Crippen molar-refractivity contribution in [3.8, 4) is 11.5 Å². The predicted molar refractivity (Wildman–Crippen MR) is 148 cm³/mol. The lowest BCUT2D eigenvalue weighted by Gasteiger charge is -2.21. The number of piperidine rings is 1. The standard InChI is InChI=1S/C27H27Cl2N3O5S/c28-20-7-10-25(22(29)17-20)37-26-4-2-1-3-23(26)32-38(35,36)21-8-5-19(6-9-21)27(34)31-16-13-24(33)18-11-14-30-15-12-18/h1-10,17-18,30,32H,11-16H2,(H,31,34). The smallest absolute Gasteiger partial charge is 0.262 e. The summed E-state index contributed by atoms with van der Waals surface area (Å²) in [4.78, 5) is 24.8. The highest BCUT2D eigenvalue weighted by molar-refractivity contribution is 7.92. The first-order valence-corrected chi connectivity index (χ1v) is 14.3. The van der Waals surface area contributed by atoms with E-state index in [1.807, 2.05) is 0 Å². The number of sulfonamides is 1. The molecule has 1 fully saturated rings. The van der Waals surface area contributed by atoms with Crippen molar-refractivity contribution in [2.75, 3.05) is 24.4 Å². The lowest BCUT2D eigenvalue weighted by atomic mass is 9.92. The first-order valence-electron chi connectivity index (χ1n) is 12.1. The van der Waals surface area contributed by atoms with Gasteiger partial charge < -0.3 is 15.4 Å². The first-order chi connectivity index (χ1) is 18.2. The van der Waals surface area contributed by atoms with Crippen molar-refractivity contribution >= 4 is 50.6 Å². The molecule has 0 saturated carbocycles. The molecular weight excluding hydrogens is 549 g/mol. The number of amides is 1. The van der Waals surface area contributed by atoms with Gasteiger partial charge in [0, 0.05) is 29.5 Å². The van der Waals surface area contributed by atoms with Crippen molar-refractivity contribution in [1.29, 1.82) is 0 Å². The van der Waals surface area contributed by atoms with Crippen LogP contribution in [0.15, 0.2) is 71.6 Å². The van der Waals surface area contributed by atoms with Crippen LogP contribution in [0.2, 0.25) is 10.0 Å². The molecule has 0 aromatic heterocycles. The number of Topliss-reactive ketones (excluding diaryl/α,β-unsaturated/α-hetero) is 1. The second kappa shape index (κ2) is 12.6. The minimum atomic E-state index is -3.99. The third kappa shape index (κ3) is 7.26. The zero-order valence-corrected chi connectivity index (χ0v) is 22.7. The number of nitrogens with one attached hydrogen (secondary N) is 3. The van der Waals surface area contributed by atoms with Gasteiger partial charge >= 0.3 is 0 Å². The van der Waals surface area contributed by atoms with Gasteiger partial charge in [0.1, 0.15) is 11.5 Å². The molecule has 3 aromatic carbocycles. The van der Waals surface area contributed by atoms with Gasteiger partial charge in [-0.05, 0) is 80.5 Å². The first kappa shape index (κ1) is 27.9. The third-order valence-electron chi connectivity index (χ3n) is 6.12. The summed E-state index contributed by atoms with van der Waals surface area (Å²) in [5.41, 5.74) is 0.498. The number of ether oxygens (including phenoxy) is 1. The van der Waals surface area contributed by atoms with Gasteiger partial charge in [-0.1, -0.05) is 35.3 Å². The number of para-hydroxylation sites is 2. The number of hydrogen-bond acceptors (Lipinski definition) is 6. The highest BCUT2D eigenvalue weighted by Gasteiger charge is 2.21. The largest absolute Gasteiger partial charge is 0.454 e. The molecule has 200 valence electrons. The Labute approximate surface area is 231 Å². The van der Waals surface area contributed by atoms with Crippen LogP contribution in [0.5, 0.6) is 11.5 Å². The van der Waals surface area contributed by atoms with Crippen molar-refractivity contribution in [2.45, 2.75) is 24.2 Å². The topological polar surface area (TPSA) is 114 Å². The molecule has 0 spiro atoms. The van der Waals surface area contributed by atoms with E-state index in [1.54, 1.807) is 36.4 Å². The van der Waals surface area contributed by atoms with E-state index in [-0.39, 0.29) is 51.9 Å². The van der Waals surface area contributed by atoms with Crippen LogP contribution in [0.3, 0.4) is 0 Å². The number of anilines is 1. The molecule has 8 nitrogen and oxygen atoms in total. The molecule has 3 aromatic rings. The average molecular weight is 577 g/mol.